The van der Waals surface area contributed by atoms with Gasteiger partial charge in [-0.05, 0) is 28.4 Å². The second-order valence-corrected chi connectivity index (χ2v) is 6.98. The van der Waals surface area contributed by atoms with Gasteiger partial charge in [0.05, 0.1) is 5.54 Å². The molecular weight excluding hydrogens is 363 g/mol. The Bertz CT molecular complexity index is 498. The minimum absolute atomic E-state index is 0.0740. The summed E-state index contributed by atoms with van der Waals surface area (Å²) >= 11 is 14.8. The van der Waals surface area contributed by atoms with Gasteiger partial charge in [-0.3, -0.25) is 4.98 Å². The van der Waals surface area contributed by atoms with E-state index in [1.54, 1.807) is 0 Å². The number of rotatable bonds is 6. The number of halogens is 3. The van der Waals surface area contributed by atoms with Crippen LogP contribution in [0, 0.1) is 0 Å². The SMILES string of the molecule is CCC(CCl)(CCl)NS(=O)(=O)c1cncc(Br)c1. The van der Waals surface area contributed by atoms with Crippen LogP contribution in [0.2, 0.25) is 0 Å². The topological polar surface area (TPSA) is 59.1 Å². The maximum Gasteiger partial charge on any atom is 0.242 e. The number of alkyl halides is 2. The van der Waals surface area contributed by atoms with Crippen LogP contribution < -0.4 is 4.72 Å². The van der Waals surface area contributed by atoms with E-state index in [4.69, 9.17) is 23.2 Å². The van der Waals surface area contributed by atoms with Crippen molar-refractivity contribution < 1.29 is 8.42 Å². The molecule has 0 unspecified atom stereocenters. The summed E-state index contributed by atoms with van der Waals surface area (Å²) in [6.45, 7) is 1.83. The summed E-state index contributed by atoms with van der Waals surface area (Å²) in [5, 5.41) is 0. The van der Waals surface area contributed by atoms with Crippen molar-refractivity contribution in [2.45, 2.75) is 23.8 Å². The number of hydrogen-bond acceptors (Lipinski definition) is 3. The van der Waals surface area contributed by atoms with Crippen molar-refractivity contribution in [2.24, 2.45) is 0 Å². The zero-order valence-corrected chi connectivity index (χ0v) is 13.6. The molecular formula is C10H13BrCl2N2O2S. The van der Waals surface area contributed by atoms with E-state index in [1.165, 1.54) is 18.5 Å². The maximum absolute atomic E-state index is 12.2. The van der Waals surface area contributed by atoms with Gasteiger partial charge in [0.2, 0.25) is 10.0 Å². The molecule has 0 aliphatic rings. The summed E-state index contributed by atoms with van der Waals surface area (Å²) in [4.78, 5) is 3.90. The van der Waals surface area contributed by atoms with Crippen LogP contribution in [0.3, 0.4) is 0 Å². The van der Waals surface area contributed by atoms with Gasteiger partial charge in [0.25, 0.3) is 0 Å². The highest BCUT2D eigenvalue weighted by atomic mass is 79.9. The highest BCUT2D eigenvalue weighted by molar-refractivity contribution is 9.10. The molecule has 0 saturated heterocycles. The fraction of sp³-hybridized carbons (Fsp3) is 0.500. The van der Waals surface area contributed by atoms with Gasteiger partial charge in [-0.1, -0.05) is 6.92 Å². The lowest BCUT2D eigenvalue weighted by molar-refractivity contribution is 0.449. The monoisotopic (exact) mass is 374 g/mol. The molecule has 0 amide bonds. The zero-order chi connectivity index (χ0) is 13.8. The van der Waals surface area contributed by atoms with Crippen molar-refractivity contribution in [2.75, 3.05) is 11.8 Å². The molecule has 0 saturated carbocycles. The van der Waals surface area contributed by atoms with E-state index in [0.29, 0.717) is 10.9 Å². The van der Waals surface area contributed by atoms with E-state index >= 15 is 0 Å². The Morgan fingerprint density at radius 2 is 2.00 bits per heavy atom. The van der Waals surface area contributed by atoms with E-state index in [2.05, 4.69) is 25.6 Å². The molecule has 1 aromatic rings. The Hall–Kier alpha value is 0.120. The third-order valence-corrected chi connectivity index (χ3v) is 5.53. The zero-order valence-electron chi connectivity index (χ0n) is 9.66. The second kappa shape index (κ2) is 6.52. The van der Waals surface area contributed by atoms with Crippen molar-refractivity contribution in [3.8, 4) is 0 Å². The summed E-state index contributed by atoms with van der Waals surface area (Å²) < 4.78 is 27.5. The lowest BCUT2D eigenvalue weighted by Crippen LogP contribution is -2.51. The van der Waals surface area contributed by atoms with Crippen LogP contribution >= 0.6 is 39.1 Å². The number of sulfonamides is 1. The molecule has 102 valence electrons. The molecule has 0 aliphatic heterocycles. The van der Waals surface area contributed by atoms with Crippen LogP contribution in [0.25, 0.3) is 0 Å². The first-order valence-corrected chi connectivity index (χ1v) is 8.50. The number of hydrogen-bond donors (Lipinski definition) is 1. The maximum atomic E-state index is 12.2. The van der Waals surface area contributed by atoms with Crippen LogP contribution in [-0.2, 0) is 10.0 Å². The second-order valence-electron chi connectivity index (χ2n) is 3.85. The highest BCUT2D eigenvalue weighted by Crippen LogP contribution is 2.20. The largest absolute Gasteiger partial charge is 0.262 e. The third kappa shape index (κ3) is 3.81. The number of pyridine rings is 1. The smallest absolute Gasteiger partial charge is 0.242 e. The molecule has 0 aliphatic carbocycles. The summed E-state index contributed by atoms with van der Waals surface area (Å²) in [6.07, 6.45) is 3.28. The lowest BCUT2D eigenvalue weighted by Gasteiger charge is -2.28. The quantitative estimate of drug-likeness (QED) is 0.777. The van der Waals surface area contributed by atoms with Crippen molar-refractivity contribution >= 4 is 49.2 Å². The summed E-state index contributed by atoms with van der Waals surface area (Å²) in [6, 6.07) is 1.47. The Labute approximate surface area is 125 Å². The van der Waals surface area contributed by atoms with Gasteiger partial charge < -0.3 is 0 Å². The van der Waals surface area contributed by atoms with Gasteiger partial charge in [-0.15, -0.1) is 23.2 Å². The predicted octanol–water partition coefficient (Wildman–Crippen LogP) is 2.75. The fourth-order valence-corrected chi connectivity index (χ4v) is 4.17. The highest BCUT2D eigenvalue weighted by Gasteiger charge is 2.32. The molecule has 1 heterocycles. The summed E-state index contributed by atoms with van der Waals surface area (Å²) in [7, 11) is -3.69. The molecule has 1 N–H and O–H groups in total. The van der Waals surface area contributed by atoms with Crippen LogP contribution in [0.5, 0.6) is 0 Å². The molecule has 0 aromatic carbocycles. The van der Waals surface area contributed by atoms with E-state index in [9.17, 15) is 8.42 Å². The number of nitrogens with zero attached hydrogens (tertiary/aromatic N) is 1. The fourth-order valence-electron chi connectivity index (χ4n) is 1.23. The van der Waals surface area contributed by atoms with E-state index in [0.717, 1.165) is 0 Å². The van der Waals surface area contributed by atoms with Gasteiger partial charge in [0.15, 0.2) is 0 Å². The molecule has 0 fully saturated rings. The Balaban J connectivity index is 3.08. The first kappa shape index (κ1) is 16.2. The average Bonchev–Trinajstić information content (AvgIpc) is 2.36. The lowest BCUT2D eigenvalue weighted by atomic mass is 10.0. The molecule has 0 atom stereocenters. The molecule has 4 nitrogen and oxygen atoms in total. The summed E-state index contributed by atoms with van der Waals surface area (Å²) in [5.74, 6) is 0.210. The van der Waals surface area contributed by atoms with Crippen LogP contribution in [0.1, 0.15) is 13.3 Å². The number of aromatic nitrogens is 1. The summed E-state index contributed by atoms with van der Waals surface area (Å²) in [5.41, 5.74) is -0.843. The number of nitrogens with one attached hydrogen (secondary N) is 1. The van der Waals surface area contributed by atoms with E-state index < -0.39 is 15.6 Å². The minimum atomic E-state index is -3.69. The minimum Gasteiger partial charge on any atom is -0.262 e. The molecule has 18 heavy (non-hydrogen) atoms. The first-order valence-electron chi connectivity index (χ1n) is 5.15. The molecule has 8 heteroatoms. The van der Waals surface area contributed by atoms with Crippen LogP contribution in [0.4, 0.5) is 0 Å². The molecule has 0 radical (unpaired) electrons. The average molecular weight is 376 g/mol. The van der Waals surface area contributed by atoms with Gasteiger partial charge in [0, 0.05) is 28.6 Å². The van der Waals surface area contributed by atoms with E-state index in [-0.39, 0.29) is 16.7 Å². The third-order valence-electron chi connectivity index (χ3n) is 2.53. The van der Waals surface area contributed by atoms with Crippen LogP contribution in [0.15, 0.2) is 27.8 Å². The van der Waals surface area contributed by atoms with E-state index in [1.807, 2.05) is 6.92 Å². The molecule has 0 bridgehead atoms. The van der Waals surface area contributed by atoms with Gasteiger partial charge in [-0.25, -0.2) is 13.1 Å². The predicted molar refractivity (Wildman–Crippen MR) is 76.7 cm³/mol. The first-order chi connectivity index (χ1) is 8.39. The van der Waals surface area contributed by atoms with Crippen molar-refractivity contribution in [1.29, 1.82) is 0 Å². The van der Waals surface area contributed by atoms with Gasteiger partial charge in [0.1, 0.15) is 4.90 Å². The Morgan fingerprint density at radius 1 is 1.39 bits per heavy atom. The van der Waals surface area contributed by atoms with Crippen LogP contribution in [-0.4, -0.2) is 30.7 Å². The van der Waals surface area contributed by atoms with Crippen molar-refractivity contribution in [3.05, 3.63) is 22.9 Å². The Kier molecular flexibility index (Phi) is 5.86. The Morgan fingerprint density at radius 3 is 2.44 bits per heavy atom. The molecule has 0 spiro atoms. The van der Waals surface area contributed by atoms with Gasteiger partial charge in [-0.2, -0.15) is 0 Å². The van der Waals surface area contributed by atoms with Crippen molar-refractivity contribution in [3.63, 3.8) is 0 Å². The standard InChI is InChI=1S/C10H13BrCl2N2O2S/c1-2-10(6-12,7-13)15-18(16,17)9-3-8(11)4-14-5-9/h3-5,15H,2,6-7H2,1H3. The van der Waals surface area contributed by atoms with Crippen molar-refractivity contribution in [1.82, 2.24) is 9.71 Å². The molecule has 1 rings (SSSR count). The normalized spacial score (nSPS) is 12.7. The van der Waals surface area contributed by atoms with Gasteiger partial charge >= 0.3 is 0 Å². The molecule has 1 aromatic heterocycles.